The number of aromatic carboxylic acids is 1. The lowest BCUT2D eigenvalue weighted by Gasteiger charge is -2.12. The average molecular weight is 235 g/mol. The Morgan fingerprint density at radius 3 is 2.71 bits per heavy atom. The fourth-order valence-corrected chi connectivity index (χ4v) is 1.37. The van der Waals surface area contributed by atoms with Crippen molar-refractivity contribution in [1.29, 1.82) is 0 Å². The first-order valence-corrected chi connectivity index (χ1v) is 5.26. The van der Waals surface area contributed by atoms with Crippen molar-refractivity contribution in [3.05, 3.63) is 24.0 Å². The Morgan fingerprint density at radius 1 is 1.41 bits per heavy atom. The topological polar surface area (TPSA) is 91.3 Å². The van der Waals surface area contributed by atoms with Gasteiger partial charge in [0.05, 0.1) is 17.4 Å². The van der Waals surface area contributed by atoms with Crippen LogP contribution in [0.4, 0.5) is 10.5 Å². The molecule has 90 valence electrons. The Labute approximate surface area is 98.1 Å². The lowest BCUT2D eigenvalue weighted by Crippen LogP contribution is -2.37. The van der Waals surface area contributed by atoms with Crippen LogP contribution in [0.25, 0.3) is 0 Å². The minimum Gasteiger partial charge on any atom is -0.478 e. The fourth-order valence-electron chi connectivity index (χ4n) is 1.37. The zero-order valence-corrected chi connectivity index (χ0v) is 9.36. The number of hydrogen-bond acceptors (Lipinski definition) is 3. The van der Waals surface area contributed by atoms with Crippen molar-refractivity contribution >= 4 is 17.7 Å². The number of nitrogens with one attached hydrogen (secondary N) is 2. The number of carbonyl (C=O) groups is 2. The molecule has 17 heavy (non-hydrogen) atoms. The molecule has 0 unspecified atom stereocenters. The molecule has 1 aromatic rings. The highest BCUT2D eigenvalue weighted by atomic mass is 16.4. The van der Waals surface area contributed by atoms with Crippen molar-refractivity contribution in [3.8, 4) is 0 Å². The summed E-state index contributed by atoms with van der Waals surface area (Å²) >= 11 is 0. The fraction of sp³-hybridized carbons (Fsp3) is 0.364. The number of pyridine rings is 1. The van der Waals surface area contributed by atoms with Crippen LogP contribution >= 0.6 is 0 Å². The van der Waals surface area contributed by atoms with Gasteiger partial charge in [-0.3, -0.25) is 4.98 Å². The zero-order valence-electron chi connectivity index (χ0n) is 9.36. The number of nitrogens with zero attached hydrogens (tertiary/aromatic N) is 1. The third kappa shape index (κ3) is 2.93. The molecule has 2 rings (SSSR count). The van der Waals surface area contributed by atoms with Crippen molar-refractivity contribution in [2.24, 2.45) is 0 Å². The van der Waals surface area contributed by atoms with Crippen molar-refractivity contribution in [1.82, 2.24) is 10.3 Å². The highest BCUT2D eigenvalue weighted by molar-refractivity contribution is 5.93. The zero-order chi connectivity index (χ0) is 12.5. The Bertz CT molecular complexity index is 469. The summed E-state index contributed by atoms with van der Waals surface area (Å²) in [7, 11) is 0. The third-order valence-electron chi connectivity index (χ3n) is 2.66. The van der Waals surface area contributed by atoms with E-state index in [2.05, 4.69) is 15.6 Å². The molecule has 1 saturated carbocycles. The van der Waals surface area contributed by atoms with Gasteiger partial charge in [-0.25, -0.2) is 9.59 Å². The van der Waals surface area contributed by atoms with Gasteiger partial charge >= 0.3 is 12.0 Å². The third-order valence-corrected chi connectivity index (χ3v) is 2.66. The smallest absolute Gasteiger partial charge is 0.337 e. The van der Waals surface area contributed by atoms with Gasteiger partial charge in [0.15, 0.2) is 0 Å². The highest BCUT2D eigenvalue weighted by Crippen LogP contribution is 2.34. The van der Waals surface area contributed by atoms with E-state index in [9.17, 15) is 9.59 Å². The van der Waals surface area contributed by atoms with Gasteiger partial charge in [-0.05, 0) is 25.8 Å². The van der Waals surface area contributed by atoms with Gasteiger partial charge in [0.25, 0.3) is 0 Å². The number of hydrogen-bond donors (Lipinski definition) is 3. The largest absolute Gasteiger partial charge is 0.478 e. The number of urea groups is 1. The first kappa shape index (κ1) is 11.4. The van der Waals surface area contributed by atoms with Gasteiger partial charge in [-0.1, -0.05) is 0 Å². The lowest BCUT2D eigenvalue weighted by molar-refractivity contribution is 0.0696. The van der Waals surface area contributed by atoms with Crippen LogP contribution in [0.3, 0.4) is 0 Å². The predicted octanol–water partition coefficient (Wildman–Crippen LogP) is 1.45. The predicted molar refractivity (Wildman–Crippen MR) is 61.0 cm³/mol. The number of carboxylic acids is 1. The van der Waals surface area contributed by atoms with Crippen LogP contribution in [0.1, 0.15) is 30.1 Å². The molecule has 0 atom stereocenters. The molecule has 6 nitrogen and oxygen atoms in total. The summed E-state index contributed by atoms with van der Waals surface area (Å²) in [6, 6.07) is 1.03. The van der Waals surface area contributed by atoms with E-state index in [0.29, 0.717) is 5.69 Å². The second-order valence-corrected chi connectivity index (χ2v) is 4.41. The van der Waals surface area contributed by atoms with E-state index in [1.54, 1.807) is 0 Å². The number of amides is 2. The summed E-state index contributed by atoms with van der Waals surface area (Å²) < 4.78 is 0. The molecule has 3 N–H and O–H groups in total. The van der Waals surface area contributed by atoms with Gasteiger partial charge in [0.1, 0.15) is 0 Å². The minimum atomic E-state index is -1.07. The standard InChI is InChI=1S/C11H13N3O3/c1-11(2-3-11)14-10(17)13-8-4-7(9(15)16)5-12-6-8/h4-6H,2-3H2,1H3,(H,15,16)(H2,13,14,17). The maximum Gasteiger partial charge on any atom is 0.337 e. The SMILES string of the molecule is CC1(NC(=O)Nc2cncc(C(=O)O)c2)CC1. The number of aromatic nitrogens is 1. The van der Waals surface area contributed by atoms with Gasteiger partial charge in [0.2, 0.25) is 0 Å². The molecule has 1 fully saturated rings. The Kier molecular flexibility index (Phi) is 2.71. The second kappa shape index (κ2) is 4.04. The van der Waals surface area contributed by atoms with Gasteiger partial charge < -0.3 is 15.7 Å². The monoisotopic (exact) mass is 235 g/mol. The van der Waals surface area contributed by atoms with E-state index in [1.807, 2.05) is 6.92 Å². The molecule has 0 bridgehead atoms. The van der Waals surface area contributed by atoms with Crippen LogP contribution in [-0.4, -0.2) is 27.6 Å². The molecule has 0 spiro atoms. The Morgan fingerprint density at radius 2 is 2.12 bits per heavy atom. The average Bonchev–Trinajstić information content (AvgIpc) is 2.95. The molecule has 0 radical (unpaired) electrons. The number of anilines is 1. The molecule has 0 aliphatic heterocycles. The summed E-state index contributed by atoms with van der Waals surface area (Å²) in [4.78, 5) is 26.0. The first-order chi connectivity index (χ1) is 7.98. The quantitative estimate of drug-likeness (QED) is 0.739. The Hall–Kier alpha value is -2.11. The molecule has 1 heterocycles. The summed E-state index contributed by atoms with van der Waals surface area (Å²) in [5.41, 5.74) is 0.300. The van der Waals surface area contributed by atoms with Crippen LogP contribution < -0.4 is 10.6 Å². The second-order valence-electron chi connectivity index (χ2n) is 4.41. The molecule has 0 saturated heterocycles. The van der Waals surface area contributed by atoms with E-state index in [4.69, 9.17) is 5.11 Å². The van der Waals surface area contributed by atoms with Crippen LogP contribution in [-0.2, 0) is 0 Å². The van der Waals surface area contributed by atoms with Crippen molar-refractivity contribution < 1.29 is 14.7 Å². The van der Waals surface area contributed by atoms with Crippen molar-refractivity contribution in [2.75, 3.05) is 5.32 Å². The summed E-state index contributed by atoms with van der Waals surface area (Å²) in [5, 5.41) is 14.1. The van der Waals surface area contributed by atoms with Crippen molar-refractivity contribution in [2.45, 2.75) is 25.3 Å². The van der Waals surface area contributed by atoms with E-state index >= 15 is 0 Å². The minimum absolute atomic E-state index is 0.0421. The molecule has 6 heteroatoms. The molecular weight excluding hydrogens is 222 g/mol. The van der Waals surface area contributed by atoms with Crippen LogP contribution in [0.15, 0.2) is 18.5 Å². The van der Waals surface area contributed by atoms with Crippen LogP contribution in [0.2, 0.25) is 0 Å². The first-order valence-electron chi connectivity index (χ1n) is 5.26. The number of carboxylic acid groups (broad SMARTS) is 1. The van der Waals surface area contributed by atoms with E-state index in [0.717, 1.165) is 12.8 Å². The summed E-state index contributed by atoms with van der Waals surface area (Å²) in [6.45, 7) is 1.96. The number of rotatable bonds is 3. The maximum atomic E-state index is 11.6. The normalized spacial score (nSPS) is 16.1. The molecule has 1 aromatic heterocycles. The van der Waals surface area contributed by atoms with E-state index < -0.39 is 5.97 Å². The molecule has 1 aliphatic rings. The van der Waals surface area contributed by atoms with Gasteiger partial charge in [-0.15, -0.1) is 0 Å². The van der Waals surface area contributed by atoms with Crippen LogP contribution in [0, 0.1) is 0 Å². The van der Waals surface area contributed by atoms with E-state index in [1.165, 1.54) is 18.5 Å². The van der Waals surface area contributed by atoms with Gasteiger partial charge in [-0.2, -0.15) is 0 Å². The summed E-state index contributed by atoms with van der Waals surface area (Å²) in [5.74, 6) is -1.07. The molecule has 0 aromatic carbocycles. The summed E-state index contributed by atoms with van der Waals surface area (Å²) in [6.07, 6.45) is 4.57. The highest BCUT2D eigenvalue weighted by Gasteiger charge is 2.38. The van der Waals surface area contributed by atoms with E-state index in [-0.39, 0.29) is 17.1 Å². The van der Waals surface area contributed by atoms with Crippen molar-refractivity contribution in [3.63, 3.8) is 0 Å². The number of carbonyl (C=O) groups excluding carboxylic acids is 1. The lowest BCUT2D eigenvalue weighted by atomic mass is 10.2. The van der Waals surface area contributed by atoms with Gasteiger partial charge in [0, 0.05) is 11.7 Å². The molecular formula is C11H13N3O3. The molecule has 2 amide bonds. The molecule has 1 aliphatic carbocycles. The Balaban J connectivity index is 2.00. The maximum absolute atomic E-state index is 11.6. The van der Waals surface area contributed by atoms with Crippen LogP contribution in [0.5, 0.6) is 0 Å².